The molecular weight excluding hydrogens is 360 g/mol. The molecule has 138 valence electrons. The van der Waals surface area contributed by atoms with Crippen molar-refractivity contribution in [2.45, 2.75) is 36.8 Å². The number of aryl methyl sites for hydroxylation is 1. The number of amides is 1. The minimum absolute atomic E-state index is 0.0977. The molecule has 0 aliphatic carbocycles. The molecule has 0 saturated heterocycles. The third-order valence-corrected chi connectivity index (χ3v) is 5.83. The van der Waals surface area contributed by atoms with Gasteiger partial charge in [-0.3, -0.25) is 14.8 Å². The quantitative estimate of drug-likeness (QED) is 0.633. The maximum absolute atomic E-state index is 12.7. The highest BCUT2D eigenvalue weighted by molar-refractivity contribution is 7.99. The molecule has 3 heterocycles. The summed E-state index contributed by atoms with van der Waals surface area (Å²) in [5.74, 6) is 0.0977. The fourth-order valence-corrected chi connectivity index (χ4v) is 4.01. The van der Waals surface area contributed by atoms with Crippen LogP contribution in [0.4, 0.5) is 0 Å². The Morgan fingerprint density at radius 2 is 1.96 bits per heavy atom. The van der Waals surface area contributed by atoms with Crippen LogP contribution in [0.1, 0.15) is 34.7 Å². The topological polar surface area (TPSA) is 76.8 Å². The Hall–Kier alpha value is -2.74. The second-order valence-corrected chi connectivity index (χ2v) is 7.91. The number of benzene rings is 1. The molecule has 1 aromatic carbocycles. The van der Waals surface area contributed by atoms with Gasteiger partial charge in [0.25, 0.3) is 0 Å². The molecule has 0 radical (unpaired) electrons. The van der Waals surface area contributed by atoms with E-state index < -0.39 is 0 Å². The summed E-state index contributed by atoms with van der Waals surface area (Å²) >= 11 is 1.65. The highest BCUT2D eigenvalue weighted by atomic mass is 32.2. The number of nitrogens with zero attached hydrogens (tertiary/aromatic N) is 6. The van der Waals surface area contributed by atoms with Crippen molar-refractivity contribution in [2.75, 3.05) is 0 Å². The van der Waals surface area contributed by atoms with E-state index in [1.807, 2.05) is 28.6 Å². The van der Waals surface area contributed by atoms with E-state index in [1.165, 1.54) is 5.56 Å². The summed E-state index contributed by atoms with van der Waals surface area (Å²) in [6, 6.07) is 8.20. The second-order valence-electron chi connectivity index (χ2n) is 6.61. The van der Waals surface area contributed by atoms with E-state index in [-0.39, 0.29) is 11.2 Å². The van der Waals surface area contributed by atoms with Crippen molar-refractivity contribution in [3.63, 3.8) is 0 Å². The van der Waals surface area contributed by atoms with Gasteiger partial charge < -0.3 is 9.47 Å². The molecule has 2 aromatic heterocycles. The van der Waals surface area contributed by atoms with Crippen LogP contribution in [0.15, 0.2) is 48.1 Å². The average Bonchev–Trinajstić information content (AvgIpc) is 3.28. The molecule has 0 saturated carbocycles. The number of thioether (sulfide) groups is 1. The first-order valence-electron chi connectivity index (χ1n) is 8.76. The third-order valence-electron chi connectivity index (χ3n) is 4.62. The highest BCUT2D eigenvalue weighted by Crippen LogP contribution is 2.33. The zero-order valence-corrected chi connectivity index (χ0v) is 16.1. The maximum atomic E-state index is 12.7. The van der Waals surface area contributed by atoms with Crippen molar-refractivity contribution in [3.05, 3.63) is 65.5 Å². The van der Waals surface area contributed by atoms with Gasteiger partial charge in [-0.2, -0.15) is 0 Å². The van der Waals surface area contributed by atoms with E-state index in [4.69, 9.17) is 0 Å². The predicted molar refractivity (Wildman–Crippen MR) is 102 cm³/mol. The molecule has 1 atom stereocenters. The fraction of sp³-hybridized carbons (Fsp3) is 0.316. The summed E-state index contributed by atoms with van der Waals surface area (Å²) in [6.07, 6.45) is 5.42. The first-order chi connectivity index (χ1) is 13.1. The van der Waals surface area contributed by atoms with Crippen molar-refractivity contribution in [1.82, 2.24) is 29.6 Å². The van der Waals surface area contributed by atoms with Crippen LogP contribution in [-0.2, 0) is 31.4 Å². The number of aromatic nitrogens is 5. The van der Waals surface area contributed by atoms with Crippen LogP contribution in [-0.4, -0.2) is 35.5 Å². The Labute approximate surface area is 161 Å². The third kappa shape index (κ3) is 3.85. The van der Waals surface area contributed by atoms with Crippen molar-refractivity contribution in [2.24, 2.45) is 7.05 Å². The van der Waals surface area contributed by atoms with E-state index in [1.54, 1.807) is 30.5 Å². The molecule has 8 heteroatoms. The summed E-state index contributed by atoms with van der Waals surface area (Å²) in [5, 5.41) is 9.13. The number of hydrogen-bond donors (Lipinski definition) is 0. The molecule has 1 aliphatic heterocycles. The zero-order chi connectivity index (χ0) is 18.8. The first kappa shape index (κ1) is 17.7. The second kappa shape index (κ2) is 7.48. The normalized spacial score (nSPS) is 14.2. The predicted octanol–water partition coefficient (Wildman–Crippen LogP) is 2.54. The lowest BCUT2D eigenvalue weighted by atomic mass is 10.1. The molecule has 7 nitrogen and oxygen atoms in total. The Bertz CT molecular complexity index is 947. The SMILES string of the molecule is C[C@H](Sc1nncn1C)c1cccc(CC(=O)N2Cc3nccnc3C2)c1. The van der Waals surface area contributed by atoms with Gasteiger partial charge in [0.1, 0.15) is 6.33 Å². The van der Waals surface area contributed by atoms with Crippen LogP contribution in [0, 0.1) is 0 Å². The lowest BCUT2D eigenvalue weighted by molar-refractivity contribution is -0.131. The number of carbonyl (C=O) groups is 1. The number of hydrogen-bond acceptors (Lipinski definition) is 6. The van der Waals surface area contributed by atoms with Gasteiger partial charge in [0, 0.05) is 24.7 Å². The van der Waals surface area contributed by atoms with Gasteiger partial charge in [0.2, 0.25) is 5.91 Å². The van der Waals surface area contributed by atoms with E-state index in [2.05, 4.69) is 39.2 Å². The summed E-state index contributed by atoms with van der Waals surface area (Å²) in [4.78, 5) is 23.1. The van der Waals surface area contributed by atoms with Crippen molar-refractivity contribution >= 4 is 17.7 Å². The maximum Gasteiger partial charge on any atom is 0.227 e. The highest BCUT2D eigenvalue weighted by Gasteiger charge is 2.25. The van der Waals surface area contributed by atoms with Gasteiger partial charge in [-0.25, -0.2) is 0 Å². The molecule has 0 spiro atoms. The number of carbonyl (C=O) groups excluding carboxylic acids is 1. The summed E-state index contributed by atoms with van der Waals surface area (Å²) in [6.45, 7) is 3.22. The van der Waals surface area contributed by atoms with Gasteiger partial charge in [-0.15, -0.1) is 10.2 Å². The van der Waals surface area contributed by atoms with E-state index in [9.17, 15) is 4.79 Å². The van der Waals surface area contributed by atoms with Crippen LogP contribution in [0.5, 0.6) is 0 Å². The molecule has 1 amide bonds. The lowest BCUT2D eigenvalue weighted by Crippen LogP contribution is -2.27. The van der Waals surface area contributed by atoms with Gasteiger partial charge in [0.15, 0.2) is 5.16 Å². The van der Waals surface area contributed by atoms with Crippen LogP contribution in [0.25, 0.3) is 0 Å². The number of fused-ring (bicyclic) bond motifs is 1. The van der Waals surface area contributed by atoms with Gasteiger partial charge in [-0.05, 0) is 18.1 Å². The van der Waals surface area contributed by atoms with E-state index >= 15 is 0 Å². The molecule has 27 heavy (non-hydrogen) atoms. The molecule has 0 fully saturated rings. The number of rotatable bonds is 5. The monoisotopic (exact) mass is 380 g/mol. The van der Waals surface area contributed by atoms with E-state index in [0.717, 1.165) is 22.1 Å². The van der Waals surface area contributed by atoms with Crippen molar-refractivity contribution < 1.29 is 4.79 Å². The largest absolute Gasteiger partial charge is 0.330 e. The molecular formula is C19H20N6OS. The fourth-order valence-electron chi connectivity index (χ4n) is 3.10. The molecule has 0 bridgehead atoms. The van der Waals surface area contributed by atoms with Crippen LogP contribution < -0.4 is 0 Å². The Morgan fingerprint density at radius 1 is 1.22 bits per heavy atom. The lowest BCUT2D eigenvalue weighted by Gasteiger charge is -2.16. The Balaban J connectivity index is 1.42. The summed E-state index contributed by atoms with van der Waals surface area (Å²) < 4.78 is 1.90. The van der Waals surface area contributed by atoms with Crippen molar-refractivity contribution in [1.29, 1.82) is 0 Å². The summed E-state index contributed by atoms with van der Waals surface area (Å²) in [5.41, 5.74) is 3.97. The van der Waals surface area contributed by atoms with E-state index in [0.29, 0.717) is 19.5 Å². The molecule has 3 aromatic rings. The molecule has 0 unspecified atom stereocenters. The van der Waals surface area contributed by atoms with Gasteiger partial charge in [0.05, 0.1) is 30.9 Å². The van der Waals surface area contributed by atoms with Crippen LogP contribution >= 0.6 is 11.8 Å². The Kier molecular flexibility index (Phi) is 4.89. The van der Waals surface area contributed by atoms with Gasteiger partial charge in [-0.1, -0.05) is 36.0 Å². The van der Waals surface area contributed by atoms with Gasteiger partial charge >= 0.3 is 0 Å². The standard InChI is InChI=1S/C19H20N6OS/c1-13(27-19-23-22-12-24(19)2)15-5-3-4-14(8-15)9-18(26)25-10-16-17(11-25)21-7-6-20-16/h3-8,12-13H,9-11H2,1-2H3/t13-/m0/s1. The first-order valence-corrected chi connectivity index (χ1v) is 9.64. The Morgan fingerprint density at radius 3 is 2.63 bits per heavy atom. The summed E-state index contributed by atoms with van der Waals surface area (Å²) in [7, 11) is 1.93. The molecule has 1 aliphatic rings. The average molecular weight is 380 g/mol. The molecule has 0 N–H and O–H groups in total. The van der Waals surface area contributed by atoms with Crippen LogP contribution in [0.2, 0.25) is 0 Å². The minimum atomic E-state index is 0.0977. The smallest absolute Gasteiger partial charge is 0.227 e. The zero-order valence-electron chi connectivity index (χ0n) is 15.2. The van der Waals surface area contributed by atoms with Crippen LogP contribution in [0.3, 0.4) is 0 Å². The minimum Gasteiger partial charge on any atom is -0.330 e. The van der Waals surface area contributed by atoms with Crippen molar-refractivity contribution in [3.8, 4) is 0 Å². The molecule has 4 rings (SSSR count).